The van der Waals surface area contributed by atoms with Crippen LogP contribution in [-0.4, -0.2) is 47.2 Å². The average Bonchev–Trinajstić information content (AvgIpc) is 2.55. The van der Waals surface area contributed by atoms with E-state index in [0.717, 1.165) is 0 Å². The van der Waals surface area contributed by atoms with Crippen LogP contribution in [-0.2, 0) is 24.7 Å². The Balaban J connectivity index is 2.47. The van der Waals surface area contributed by atoms with E-state index in [0.29, 0.717) is 18.4 Å². The van der Waals surface area contributed by atoms with Crippen LogP contribution in [0, 0.1) is 0 Å². The van der Waals surface area contributed by atoms with E-state index in [9.17, 15) is 24.6 Å². The molecule has 0 spiro atoms. The molecule has 24 heavy (non-hydrogen) atoms. The lowest BCUT2D eigenvalue weighted by molar-refractivity contribution is -0.146. The van der Waals surface area contributed by atoms with Gasteiger partial charge in [0.1, 0.15) is 24.3 Å². The number of aliphatic hydroxyl groups is 1. The van der Waals surface area contributed by atoms with Crippen LogP contribution in [0.15, 0.2) is 24.3 Å². The number of nitrogens with one attached hydrogen (secondary N) is 1. The Hall–Kier alpha value is -1.96. The molecule has 8 heteroatoms. The van der Waals surface area contributed by atoms with Gasteiger partial charge in [-0.2, -0.15) is 0 Å². The normalized spacial score (nSPS) is 25.1. The fourth-order valence-corrected chi connectivity index (χ4v) is 3.30. The van der Waals surface area contributed by atoms with Gasteiger partial charge in [0.15, 0.2) is 5.78 Å². The Labute approximate surface area is 143 Å². The van der Waals surface area contributed by atoms with Crippen molar-refractivity contribution in [2.24, 2.45) is 0 Å². The fourth-order valence-electron chi connectivity index (χ4n) is 3.00. The number of ketones is 1. The molecule has 1 aromatic carbocycles. The Morgan fingerprint density at radius 3 is 2.83 bits per heavy atom. The number of carbonyl (C=O) groups excluding carboxylic acids is 2. The largest absolute Gasteiger partial charge is 0.480 e. The molecule has 0 unspecified atom stereocenters. The average molecular weight is 356 g/mol. The van der Waals surface area contributed by atoms with E-state index < -0.39 is 36.0 Å². The van der Waals surface area contributed by atoms with E-state index in [4.69, 9.17) is 11.6 Å². The molecular formula is C16H18ClNO6. The summed E-state index contributed by atoms with van der Waals surface area (Å²) in [6, 6.07) is 5.25. The van der Waals surface area contributed by atoms with Crippen LogP contribution in [0.4, 0.5) is 0 Å². The van der Waals surface area contributed by atoms with Gasteiger partial charge in [-0.15, -0.1) is 0 Å². The van der Waals surface area contributed by atoms with Crippen molar-refractivity contribution in [3.8, 4) is 0 Å². The molecule has 1 aromatic rings. The molecule has 0 heterocycles. The molecule has 0 aliphatic heterocycles. The number of aliphatic hydroxyl groups excluding tert-OH is 1. The molecule has 0 amide bonds. The van der Waals surface area contributed by atoms with Crippen molar-refractivity contribution < 1.29 is 29.3 Å². The third-order valence-electron chi connectivity index (χ3n) is 4.14. The molecule has 0 saturated heterocycles. The van der Waals surface area contributed by atoms with Crippen LogP contribution in [0.3, 0.4) is 0 Å². The Bertz CT molecular complexity index is 637. The zero-order chi connectivity index (χ0) is 17.7. The van der Waals surface area contributed by atoms with Crippen molar-refractivity contribution in [2.45, 2.75) is 36.9 Å². The molecule has 1 aliphatic rings. The first kappa shape index (κ1) is 18.4. The fraction of sp³-hybridized carbons (Fsp3) is 0.438. The van der Waals surface area contributed by atoms with E-state index >= 15 is 0 Å². The molecule has 0 aromatic heterocycles. The molecule has 1 saturated carbocycles. The molecule has 1 fully saturated rings. The van der Waals surface area contributed by atoms with E-state index in [1.54, 1.807) is 24.3 Å². The summed E-state index contributed by atoms with van der Waals surface area (Å²) in [7, 11) is 0. The molecule has 7 nitrogen and oxygen atoms in total. The summed E-state index contributed by atoms with van der Waals surface area (Å²) in [6.45, 7) is -0.314. The van der Waals surface area contributed by atoms with Gasteiger partial charge < -0.3 is 14.9 Å². The topological polar surface area (TPSA) is 113 Å². The number of carbonyl (C=O) groups is 3. The maximum absolute atomic E-state index is 12.8. The van der Waals surface area contributed by atoms with Crippen molar-refractivity contribution in [1.82, 2.24) is 5.32 Å². The molecule has 3 atom stereocenters. The minimum atomic E-state index is -1.45. The van der Waals surface area contributed by atoms with Gasteiger partial charge in [0.05, 0.1) is 0 Å². The van der Waals surface area contributed by atoms with Crippen molar-refractivity contribution in [1.29, 1.82) is 0 Å². The van der Waals surface area contributed by atoms with Gasteiger partial charge >= 0.3 is 5.97 Å². The molecule has 0 bridgehead atoms. The number of carboxylic acids is 1. The van der Waals surface area contributed by atoms with Gasteiger partial charge in [-0.3, -0.25) is 19.7 Å². The highest BCUT2D eigenvalue weighted by atomic mass is 35.5. The van der Waals surface area contributed by atoms with Gasteiger partial charge in [0.2, 0.25) is 0 Å². The first-order chi connectivity index (χ1) is 11.4. The standard InChI is InChI=1S/C16H18ClNO6/c17-11-5-2-1-4-10(11)16(7-3-6-13(20)14(16)21)18-12(15(22)23)8-24-9-19/h1-2,4-5,9,12-13,18,20H,3,6-8H2,(H,22,23)/t12-,13+,16+/m0/s1. The number of carboxylic acid groups (broad SMARTS) is 1. The van der Waals surface area contributed by atoms with Gasteiger partial charge in [-0.05, 0) is 30.9 Å². The van der Waals surface area contributed by atoms with Crippen molar-refractivity contribution in [3.63, 3.8) is 0 Å². The van der Waals surface area contributed by atoms with Crippen LogP contribution < -0.4 is 5.32 Å². The Morgan fingerprint density at radius 2 is 2.21 bits per heavy atom. The molecule has 0 radical (unpaired) electrons. The highest BCUT2D eigenvalue weighted by Crippen LogP contribution is 2.38. The highest BCUT2D eigenvalue weighted by Gasteiger charge is 2.48. The number of hydrogen-bond acceptors (Lipinski definition) is 6. The predicted octanol–water partition coefficient (Wildman–Crippen LogP) is 0.865. The van der Waals surface area contributed by atoms with E-state index in [1.807, 2.05) is 0 Å². The lowest BCUT2D eigenvalue weighted by Gasteiger charge is -2.41. The predicted molar refractivity (Wildman–Crippen MR) is 84.6 cm³/mol. The highest BCUT2D eigenvalue weighted by molar-refractivity contribution is 6.31. The Kier molecular flexibility index (Phi) is 5.93. The first-order valence-corrected chi connectivity index (χ1v) is 7.83. The summed E-state index contributed by atoms with van der Waals surface area (Å²) in [5.41, 5.74) is -1.06. The molecular weight excluding hydrogens is 338 g/mol. The number of ether oxygens (including phenoxy) is 1. The number of halogens is 1. The van der Waals surface area contributed by atoms with Gasteiger partial charge in [-0.1, -0.05) is 29.8 Å². The Morgan fingerprint density at radius 1 is 1.50 bits per heavy atom. The third-order valence-corrected chi connectivity index (χ3v) is 4.47. The van der Waals surface area contributed by atoms with E-state index in [2.05, 4.69) is 10.1 Å². The second-order valence-electron chi connectivity index (χ2n) is 5.62. The zero-order valence-corrected chi connectivity index (χ0v) is 13.5. The molecule has 3 N–H and O–H groups in total. The van der Waals surface area contributed by atoms with Crippen molar-refractivity contribution in [2.75, 3.05) is 6.61 Å². The lowest BCUT2D eigenvalue weighted by Crippen LogP contribution is -2.61. The summed E-state index contributed by atoms with van der Waals surface area (Å²) in [4.78, 5) is 34.6. The first-order valence-electron chi connectivity index (χ1n) is 7.45. The van der Waals surface area contributed by atoms with Gasteiger partial charge in [0, 0.05) is 5.02 Å². The summed E-state index contributed by atoms with van der Waals surface area (Å²) in [6.07, 6.45) is -0.136. The quantitative estimate of drug-likeness (QED) is 0.622. The smallest absolute Gasteiger partial charge is 0.324 e. The number of hydrogen-bond donors (Lipinski definition) is 3. The van der Waals surface area contributed by atoms with Crippen LogP contribution >= 0.6 is 11.6 Å². The van der Waals surface area contributed by atoms with E-state index in [-0.39, 0.29) is 17.9 Å². The zero-order valence-electron chi connectivity index (χ0n) is 12.8. The second kappa shape index (κ2) is 7.74. The van der Waals surface area contributed by atoms with Crippen LogP contribution in [0.25, 0.3) is 0 Å². The summed E-state index contributed by atoms with van der Waals surface area (Å²) >= 11 is 6.22. The number of rotatable bonds is 7. The second-order valence-corrected chi connectivity index (χ2v) is 6.03. The van der Waals surface area contributed by atoms with E-state index in [1.165, 1.54) is 0 Å². The van der Waals surface area contributed by atoms with Crippen LogP contribution in [0.5, 0.6) is 0 Å². The molecule has 2 rings (SSSR count). The maximum atomic E-state index is 12.8. The van der Waals surface area contributed by atoms with Gasteiger partial charge in [-0.25, -0.2) is 0 Å². The SMILES string of the molecule is O=COC[C@H](N[C@@]1(c2ccccc2Cl)CCC[C@@H](O)C1=O)C(=O)O. The number of benzene rings is 1. The van der Waals surface area contributed by atoms with Crippen LogP contribution in [0.2, 0.25) is 5.02 Å². The molecule has 1 aliphatic carbocycles. The minimum absolute atomic E-state index is 0.136. The van der Waals surface area contributed by atoms with Crippen molar-refractivity contribution >= 4 is 29.8 Å². The minimum Gasteiger partial charge on any atom is -0.480 e. The number of Topliss-reactive ketones (excluding diaryl/α,β-unsaturated/α-hetero) is 1. The summed E-state index contributed by atoms with van der Waals surface area (Å²) in [5, 5.41) is 22.4. The molecule has 130 valence electrons. The third kappa shape index (κ3) is 3.58. The lowest BCUT2D eigenvalue weighted by atomic mass is 9.73. The maximum Gasteiger partial charge on any atom is 0.324 e. The summed E-state index contributed by atoms with van der Waals surface area (Å²) in [5.74, 6) is -1.82. The van der Waals surface area contributed by atoms with Crippen LogP contribution in [0.1, 0.15) is 24.8 Å². The van der Waals surface area contributed by atoms with Gasteiger partial charge in [0.25, 0.3) is 6.47 Å². The summed E-state index contributed by atoms with van der Waals surface area (Å²) < 4.78 is 4.54. The van der Waals surface area contributed by atoms with Crippen molar-refractivity contribution in [3.05, 3.63) is 34.9 Å². The number of aliphatic carboxylic acids is 1. The monoisotopic (exact) mass is 355 g/mol.